The van der Waals surface area contributed by atoms with Gasteiger partial charge in [-0.05, 0) is 24.6 Å². The van der Waals surface area contributed by atoms with Crippen LogP contribution in [0.5, 0.6) is 5.75 Å². The van der Waals surface area contributed by atoms with Crippen LogP contribution >= 0.6 is 0 Å². The molecule has 3 aromatic rings. The zero-order chi connectivity index (χ0) is 14.5. The zero-order valence-electron chi connectivity index (χ0n) is 11.9. The van der Waals surface area contributed by atoms with Crippen molar-refractivity contribution in [3.05, 3.63) is 67.1 Å². The van der Waals surface area contributed by atoms with Crippen LogP contribution < -0.4 is 4.74 Å². The normalized spacial score (nSPS) is 10.3. The van der Waals surface area contributed by atoms with Crippen LogP contribution in [-0.4, -0.2) is 16.6 Å². The molecular formula is C18H16N2O. The topological polar surface area (TPSA) is 35.0 Å². The molecule has 0 bridgehead atoms. The van der Waals surface area contributed by atoms with E-state index in [0.29, 0.717) is 6.61 Å². The first-order chi connectivity index (χ1) is 10.4. The van der Waals surface area contributed by atoms with Gasteiger partial charge in [0.1, 0.15) is 12.1 Å². The molecule has 2 aromatic carbocycles. The van der Waals surface area contributed by atoms with Gasteiger partial charge >= 0.3 is 0 Å². The Labute approximate surface area is 124 Å². The molecule has 104 valence electrons. The van der Waals surface area contributed by atoms with Crippen LogP contribution in [0.2, 0.25) is 0 Å². The van der Waals surface area contributed by atoms with E-state index in [0.717, 1.165) is 28.1 Å². The van der Waals surface area contributed by atoms with Crippen molar-refractivity contribution in [3.8, 4) is 28.1 Å². The minimum atomic E-state index is 0.646. The van der Waals surface area contributed by atoms with Gasteiger partial charge in [0.2, 0.25) is 0 Å². The van der Waals surface area contributed by atoms with Crippen molar-refractivity contribution < 1.29 is 4.74 Å². The van der Waals surface area contributed by atoms with Crippen molar-refractivity contribution in [1.29, 1.82) is 0 Å². The maximum absolute atomic E-state index is 5.75. The van der Waals surface area contributed by atoms with Crippen molar-refractivity contribution in [2.75, 3.05) is 6.61 Å². The van der Waals surface area contributed by atoms with Gasteiger partial charge in [0.15, 0.2) is 0 Å². The third-order valence-corrected chi connectivity index (χ3v) is 3.26. The Morgan fingerprint density at radius 3 is 2.29 bits per heavy atom. The third kappa shape index (κ3) is 2.77. The Bertz CT molecular complexity index is 726. The lowest BCUT2D eigenvalue weighted by Gasteiger charge is -2.13. The van der Waals surface area contributed by atoms with Crippen LogP contribution in [-0.2, 0) is 0 Å². The molecule has 0 amide bonds. The molecular weight excluding hydrogens is 260 g/mol. The lowest BCUT2D eigenvalue weighted by atomic mass is 9.97. The molecule has 3 nitrogen and oxygen atoms in total. The van der Waals surface area contributed by atoms with E-state index in [9.17, 15) is 0 Å². The molecule has 0 saturated heterocycles. The van der Waals surface area contributed by atoms with Gasteiger partial charge in [0.05, 0.1) is 12.3 Å². The van der Waals surface area contributed by atoms with Crippen LogP contribution in [0.3, 0.4) is 0 Å². The summed E-state index contributed by atoms with van der Waals surface area (Å²) in [5.41, 5.74) is 4.17. The van der Waals surface area contributed by atoms with Crippen LogP contribution in [0.4, 0.5) is 0 Å². The number of aromatic nitrogens is 2. The molecule has 0 aliphatic heterocycles. The highest BCUT2D eigenvalue weighted by molar-refractivity contribution is 5.84. The standard InChI is InChI=1S/C18H16N2O/c1-2-21-18-10-6-5-9-16(18)14-7-3-4-8-15(14)17-11-12-19-13-20-17/h3-13H,2H2,1H3. The highest BCUT2D eigenvalue weighted by atomic mass is 16.5. The first-order valence-corrected chi connectivity index (χ1v) is 6.97. The van der Waals surface area contributed by atoms with Crippen molar-refractivity contribution in [2.45, 2.75) is 6.92 Å². The minimum absolute atomic E-state index is 0.646. The van der Waals surface area contributed by atoms with E-state index in [1.54, 1.807) is 12.5 Å². The molecule has 1 heterocycles. The number of hydrogen-bond donors (Lipinski definition) is 0. The van der Waals surface area contributed by atoms with Crippen molar-refractivity contribution in [1.82, 2.24) is 9.97 Å². The summed E-state index contributed by atoms with van der Waals surface area (Å²) in [5, 5.41) is 0. The predicted molar refractivity (Wildman–Crippen MR) is 84.1 cm³/mol. The number of hydrogen-bond acceptors (Lipinski definition) is 3. The molecule has 0 fully saturated rings. The van der Waals surface area contributed by atoms with Crippen molar-refractivity contribution >= 4 is 0 Å². The van der Waals surface area contributed by atoms with E-state index >= 15 is 0 Å². The summed E-state index contributed by atoms with van der Waals surface area (Å²) in [6.45, 7) is 2.64. The molecule has 3 heteroatoms. The summed E-state index contributed by atoms with van der Waals surface area (Å²) >= 11 is 0. The number of para-hydroxylation sites is 1. The van der Waals surface area contributed by atoms with Gasteiger partial charge < -0.3 is 4.74 Å². The van der Waals surface area contributed by atoms with Gasteiger partial charge in [-0.2, -0.15) is 0 Å². The molecule has 0 unspecified atom stereocenters. The van der Waals surface area contributed by atoms with E-state index in [4.69, 9.17) is 4.74 Å². The molecule has 1 aromatic heterocycles. The van der Waals surface area contributed by atoms with Gasteiger partial charge in [-0.15, -0.1) is 0 Å². The number of ether oxygens (including phenoxy) is 1. The largest absolute Gasteiger partial charge is 0.493 e. The lowest BCUT2D eigenvalue weighted by Crippen LogP contribution is -1.95. The molecule has 21 heavy (non-hydrogen) atoms. The summed E-state index contributed by atoms with van der Waals surface area (Å²) in [6.07, 6.45) is 3.33. The fourth-order valence-corrected chi connectivity index (χ4v) is 2.36. The van der Waals surface area contributed by atoms with Crippen LogP contribution in [0, 0.1) is 0 Å². The predicted octanol–water partition coefficient (Wildman–Crippen LogP) is 4.21. The lowest BCUT2D eigenvalue weighted by molar-refractivity contribution is 0.341. The monoisotopic (exact) mass is 276 g/mol. The van der Waals surface area contributed by atoms with Gasteiger partial charge in [-0.3, -0.25) is 0 Å². The molecule has 0 aliphatic carbocycles. The molecule has 0 aliphatic rings. The smallest absolute Gasteiger partial charge is 0.127 e. The number of rotatable bonds is 4. The fraction of sp³-hybridized carbons (Fsp3) is 0.111. The molecule has 0 N–H and O–H groups in total. The second-order valence-corrected chi connectivity index (χ2v) is 4.57. The zero-order valence-corrected chi connectivity index (χ0v) is 11.9. The third-order valence-electron chi connectivity index (χ3n) is 3.26. The van der Waals surface area contributed by atoms with Gasteiger partial charge in [-0.1, -0.05) is 42.5 Å². The van der Waals surface area contributed by atoms with E-state index in [-0.39, 0.29) is 0 Å². The number of nitrogens with zero attached hydrogens (tertiary/aromatic N) is 2. The van der Waals surface area contributed by atoms with E-state index in [2.05, 4.69) is 28.2 Å². The Morgan fingerprint density at radius 2 is 1.57 bits per heavy atom. The maximum atomic E-state index is 5.75. The van der Waals surface area contributed by atoms with Gasteiger partial charge in [-0.25, -0.2) is 9.97 Å². The Kier molecular flexibility index (Phi) is 3.92. The second kappa shape index (κ2) is 6.18. The summed E-state index contributed by atoms with van der Waals surface area (Å²) in [5.74, 6) is 0.890. The summed E-state index contributed by atoms with van der Waals surface area (Å²) in [7, 11) is 0. The highest BCUT2D eigenvalue weighted by Gasteiger charge is 2.11. The average Bonchev–Trinajstić information content (AvgIpc) is 2.57. The average molecular weight is 276 g/mol. The minimum Gasteiger partial charge on any atom is -0.493 e. The Balaban J connectivity index is 2.16. The van der Waals surface area contributed by atoms with Crippen LogP contribution in [0.15, 0.2) is 67.1 Å². The van der Waals surface area contributed by atoms with Gasteiger partial charge in [0, 0.05) is 17.3 Å². The SMILES string of the molecule is CCOc1ccccc1-c1ccccc1-c1ccncn1. The summed E-state index contributed by atoms with van der Waals surface area (Å²) in [6, 6.07) is 18.2. The maximum Gasteiger partial charge on any atom is 0.127 e. The quantitative estimate of drug-likeness (QED) is 0.716. The number of benzene rings is 2. The second-order valence-electron chi connectivity index (χ2n) is 4.57. The molecule has 3 rings (SSSR count). The molecule has 0 saturated carbocycles. The summed E-state index contributed by atoms with van der Waals surface area (Å²) in [4.78, 5) is 8.34. The van der Waals surface area contributed by atoms with Crippen molar-refractivity contribution in [2.24, 2.45) is 0 Å². The molecule has 0 spiro atoms. The van der Waals surface area contributed by atoms with Crippen molar-refractivity contribution in [3.63, 3.8) is 0 Å². The Hall–Kier alpha value is -2.68. The summed E-state index contributed by atoms with van der Waals surface area (Å²) < 4.78 is 5.75. The van der Waals surface area contributed by atoms with E-state index < -0.39 is 0 Å². The first-order valence-electron chi connectivity index (χ1n) is 6.97. The Morgan fingerprint density at radius 1 is 0.857 bits per heavy atom. The van der Waals surface area contributed by atoms with Crippen LogP contribution in [0.25, 0.3) is 22.4 Å². The van der Waals surface area contributed by atoms with Crippen LogP contribution in [0.1, 0.15) is 6.92 Å². The highest BCUT2D eigenvalue weighted by Crippen LogP contribution is 2.36. The molecule has 0 radical (unpaired) electrons. The first kappa shape index (κ1) is 13.3. The fourth-order valence-electron chi connectivity index (χ4n) is 2.36. The van der Waals surface area contributed by atoms with E-state index in [1.807, 2.05) is 43.3 Å². The molecule has 0 atom stereocenters. The van der Waals surface area contributed by atoms with Gasteiger partial charge in [0.25, 0.3) is 0 Å². The van der Waals surface area contributed by atoms with E-state index in [1.165, 1.54) is 0 Å².